The van der Waals surface area contributed by atoms with Crippen molar-refractivity contribution < 1.29 is 23.1 Å². The van der Waals surface area contributed by atoms with Gasteiger partial charge in [0.05, 0.1) is 12.7 Å². The van der Waals surface area contributed by atoms with Crippen LogP contribution < -0.4 is 4.72 Å². The third kappa shape index (κ3) is 4.95. The van der Waals surface area contributed by atoms with Crippen LogP contribution in [0.25, 0.3) is 0 Å². The molecular weight excluding hydrogens is 436 g/mol. The number of phenolic OH excluding ortho intramolecular Hbond substituents is 1. The summed E-state index contributed by atoms with van der Waals surface area (Å²) in [6.07, 6.45) is 1.22. The topological polar surface area (TPSA) is 95.9 Å². The molecule has 0 aliphatic carbocycles. The number of thiophene rings is 1. The van der Waals surface area contributed by atoms with E-state index in [2.05, 4.69) is 9.62 Å². The van der Waals surface area contributed by atoms with E-state index in [1.54, 1.807) is 6.92 Å². The van der Waals surface area contributed by atoms with Crippen LogP contribution in [0.15, 0.2) is 16.3 Å². The van der Waals surface area contributed by atoms with Crippen LogP contribution in [0.1, 0.15) is 57.8 Å². The Morgan fingerprint density at radius 3 is 2.55 bits per heavy atom. The number of rotatable bonds is 7. The number of hydrogen-bond donors (Lipinski definition) is 2. The van der Waals surface area contributed by atoms with E-state index in [1.165, 1.54) is 7.11 Å². The summed E-state index contributed by atoms with van der Waals surface area (Å²) in [5, 5.41) is 10.0. The van der Waals surface area contributed by atoms with Crippen molar-refractivity contribution in [2.75, 3.05) is 13.7 Å². The fourth-order valence-corrected chi connectivity index (χ4v) is 7.13. The van der Waals surface area contributed by atoms with Gasteiger partial charge in [0.15, 0.2) is 0 Å². The molecule has 1 atom stereocenters. The van der Waals surface area contributed by atoms with Crippen molar-refractivity contribution in [2.45, 2.75) is 63.9 Å². The molecule has 31 heavy (non-hydrogen) atoms. The van der Waals surface area contributed by atoms with E-state index in [0.717, 1.165) is 38.5 Å². The van der Waals surface area contributed by atoms with Crippen LogP contribution in [0.3, 0.4) is 0 Å². The second kappa shape index (κ2) is 9.28. The summed E-state index contributed by atoms with van der Waals surface area (Å²) in [4.78, 5) is 15.6. The standard InChI is InChI=1S/C22H30N2O5S2/c1-6-15(4)23-31(27,28)22-19(21(26)29-5)17-7-8-24(12-18(17)30-22)11-16-9-13(2)20(25)14(3)10-16/h9-10,15,23,25H,6-8,11-12H2,1-5H3/t15-/m0/s1. The fraction of sp³-hybridized carbons (Fsp3) is 0.500. The number of benzene rings is 1. The SMILES string of the molecule is CC[C@H](C)NS(=O)(=O)c1sc2c(c1C(=O)OC)CCN(Cc1cc(C)c(O)c(C)c1)C2. The first-order chi connectivity index (χ1) is 14.6. The highest BCUT2D eigenvalue weighted by Gasteiger charge is 2.34. The number of esters is 1. The second-order valence-corrected chi connectivity index (χ2v) is 11.1. The summed E-state index contributed by atoms with van der Waals surface area (Å²) in [5.74, 6) is -0.297. The minimum absolute atomic E-state index is 0.0443. The maximum absolute atomic E-state index is 13.0. The van der Waals surface area contributed by atoms with Crippen LogP contribution in [0.2, 0.25) is 0 Å². The molecule has 7 nitrogen and oxygen atoms in total. The number of ether oxygens (including phenoxy) is 1. The van der Waals surface area contributed by atoms with Gasteiger partial charge in [-0.25, -0.2) is 17.9 Å². The van der Waals surface area contributed by atoms with Crippen molar-refractivity contribution in [1.29, 1.82) is 0 Å². The smallest absolute Gasteiger partial charge is 0.340 e. The van der Waals surface area contributed by atoms with Gasteiger partial charge >= 0.3 is 5.97 Å². The van der Waals surface area contributed by atoms with E-state index in [4.69, 9.17) is 4.74 Å². The Labute approximate surface area is 188 Å². The molecule has 0 unspecified atom stereocenters. The lowest BCUT2D eigenvalue weighted by atomic mass is 10.0. The molecule has 9 heteroatoms. The van der Waals surface area contributed by atoms with Gasteiger partial charge in [-0.2, -0.15) is 0 Å². The molecule has 0 radical (unpaired) electrons. The van der Waals surface area contributed by atoms with Gasteiger partial charge in [0.25, 0.3) is 10.0 Å². The Bertz CT molecular complexity index is 1070. The Balaban J connectivity index is 1.92. The Kier molecular flexibility index (Phi) is 7.10. The number of aromatic hydroxyl groups is 1. The number of hydrogen-bond acceptors (Lipinski definition) is 7. The van der Waals surface area contributed by atoms with E-state index in [1.807, 2.05) is 32.9 Å². The van der Waals surface area contributed by atoms with Gasteiger partial charge in [0.1, 0.15) is 9.96 Å². The Morgan fingerprint density at radius 1 is 1.32 bits per heavy atom. The van der Waals surface area contributed by atoms with E-state index in [9.17, 15) is 18.3 Å². The quantitative estimate of drug-likeness (QED) is 0.607. The zero-order chi connectivity index (χ0) is 22.9. The largest absolute Gasteiger partial charge is 0.507 e. The van der Waals surface area contributed by atoms with Gasteiger partial charge < -0.3 is 9.84 Å². The molecule has 2 aromatic rings. The summed E-state index contributed by atoms with van der Waals surface area (Å²) in [7, 11) is -2.55. The lowest BCUT2D eigenvalue weighted by Crippen LogP contribution is -2.32. The number of methoxy groups -OCH3 is 1. The molecule has 0 fully saturated rings. The summed E-state index contributed by atoms with van der Waals surface area (Å²) >= 11 is 1.16. The van der Waals surface area contributed by atoms with Gasteiger partial charge in [-0.3, -0.25) is 4.90 Å². The molecule has 1 aliphatic heterocycles. The highest BCUT2D eigenvalue weighted by molar-refractivity contribution is 7.91. The number of carbonyl (C=O) groups excluding carboxylic acids is 1. The van der Waals surface area contributed by atoms with Gasteiger partial charge in [0.2, 0.25) is 0 Å². The highest BCUT2D eigenvalue weighted by Crippen LogP contribution is 2.37. The van der Waals surface area contributed by atoms with E-state index in [-0.39, 0.29) is 15.8 Å². The fourth-order valence-electron chi connectivity index (χ4n) is 3.86. The molecule has 1 aromatic heterocycles. The number of sulfonamides is 1. The predicted octanol–water partition coefficient (Wildman–Crippen LogP) is 3.49. The van der Waals surface area contributed by atoms with Crippen molar-refractivity contribution >= 4 is 27.3 Å². The molecule has 0 saturated heterocycles. The lowest BCUT2D eigenvalue weighted by molar-refractivity contribution is 0.0595. The second-order valence-electron chi connectivity index (χ2n) is 8.13. The van der Waals surface area contributed by atoms with E-state index >= 15 is 0 Å². The number of nitrogens with zero attached hydrogens (tertiary/aromatic N) is 1. The van der Waals surface area contributed by atoms with Crippen molar-refractivity contribution in [2.24, 2.45) is 0 Å². The van der Waals surface area contributed by atoms with Crippen LogP contribution in [-0.2, 0) is 34.3 Å². The van der Waals surface area contributed by atoms with Gasteiger partial charge in [0, 0.05) is 30.6 Å². The van der Waals surface area contributed by atoms with Crippen molar-refractivity contribution in [3.8, 4) is 5.75 Å². The van der Waals surface area contributed by atoms with Crippen LogP contribution in [0.4, 0.5) is 0 Å². The number of phenols is 1. The number of carbonyl (C=O) groups is 1. The first-order valence-electron chi connectivity index (χ1n) is 10.3. The average molecular weight is 467 g/mol. The first kappa shape index (κ1) is 23.7. The minimum atomic E-state index is -3.82. The Hall–Kier alpha value is -1.94. The number of fused-ring (bicyclic) bond motifs is 1. The maximum atomic E-state index is 13.0. The van der Waals surface area contributed by atoms with Gasteiger partial charge in [-0.05, 0) is 55.9 Å². The summed E-state index contributed by atoms with van der Waals surface area (Å²) in [5.41, 5.74) is 3.71. The molecule has 2 N–H and O–H groups in total. The van der Waals surface area contributed by atoms with Crippen LogP contribution in [0.5, 0.6) is 5.75 Å². The zero-order valence-corrected chi connectivity index (χ0v) is 20.2. The molecule has 0 bridgehead atoms. The maximum Gasteiger partial charge on any atom is 0.340 e. The molecule has 170 valence electrons. The molecular formula is C22H30N2O5S2. The molecule has 0 spiro atoms. The third-order valence-electron chi connectivity index (χ3n) is 5.66. The minimum Gasteiger partial charge on any atom is -0.507 e. The highest BCUT2D eigenvalue weighted by atomic mass is 32.2. The molecule has 1 aliphatic rings. The Morgan fingerprint density at radius 2 is 1.97 bits per heavy atom. The van der Waals surface area contributed by atoms with Crippen molar-refractivity contribution in [1.82, 2.24) is 9.62 Å². The van der Waals surface area contributed by atoms with Crippen LogP contribution in [-0.4, -0.2) is 44.1 Å². The summed E-state index contributed by atoms with van der Waals surface area (Å²) in [6, 6.07) is 3.71. The van der Waals surface area contributed by atoms with Crippen molar-refractivity contribution in [3.63, 3.8) is 0 Å². The molecule has 0 saturated carbocycles. The van der Waals surface area contributed by atoms with Gasteiger partial charge in [-0.1, -0.05) is 19.1 Å². The molecule has 3 rings (SSSR count). The van der Waals surface area contributed by atoms with E-state index < -0.39 is 16.0 Å². The average Bonchev–Trinajstić information content (AvgIpc) is 3.10. The zero-order valence-electron chi connectivity index (χ0n) is 18.6. The normalized spacial score (nSPS) is 15.5. The van der Waals surface area contributed by atoms with Gasteiger partial charge in [-0.15, -0.1) is 11.3 Å². The van der Waals surface area contributed by atoms with Crippen LogP contribution >= 0.6 is 11.3 Å². The molecule has 2 heterocycles. The number of nitrogens with one attached hydrogen (secondary N) is 1. The van der Waals surface area contributed by atoms with Crippen LogP contribution in [0, 0.1) is 13.8 Å². The van der Waals surface area contributed by atoms with E-state index in [0.29, 0.717) is 38.2 Å². The summed E-state index contributed by atoms with van der Waals surface area (Å²) < 4.78 is 33.6. The molecule has 0 amide bonds. The predicted molar refractivity (Wildman–Crippen MR) is 121 cm³/mol. The number of aryl methyl sites for hydroxylation is 2. The molecule has 1 aromatic carbocycles. The van der Waals surface area contributed by atoms with Crippen molar-refractivity contribution in [3.05, 3.63) is 44.8 Å². The third-order valence-corrected chi connectivity index (χ3v) is 8.99. The first-order valence-corrected chi connectivity index (χ1v) is 12.6. The monoisotopic (exact) mass is 466 g/mol. The lowest BCUT2D eigenvalue weighted by Gasteiger charge is -2.27. The summed E-state index contributed by atoms with van der Waals surface area (Å²) in [6.45, 7) is 9.39.